The van der Waals surface area contributed by atoms with Gasteiger partial charge in [-0.25, -0.2) is 0 Å². The minimum Gasteiger partial charge on any atom is -0.373 e. The summed E-state index contributed by atoms with van der Waals surface area (Å²) >= 11 is 0. The van der Waals surface area contributed by atoms with Crippen molar-refractivity contribution in [3.63, 3.8) is 0 Å². The number of nitrogens with two attached hydrogens (primary N) is 2. The highest BCUT2D eigenvalue weighted by Crippen LogP contribution is 2.23. The van der Waals surface area contributed by atoms with Crippen LogP contribution in [0, 0.1) is 0 Å². The highest BCUT2D eigenvalue weighted by molar-refractivity contribution is 4.85. The number of hydrogen-bond acceptors (Lipinski definition) is 5. The molecule has 0 aromatic carbocycles. The van der Waals surface area contributed by atoms with Crippen LogP contribution in [0.4, 0.5) is 0 Å². The van der Waals surface area contributed by atoms with Crippen LogP contribution in [-0.2, 0) is 4.74 Å². The molecule has 0 amide bonds. The van der Waals surface area contributed by atoms with E-state index in [1.54, 1.807) is 13.8 Å². The van der Waals surface area contributed by atoms with E-state index >= 15 is 0 Å². The van der Waals surface area contributed by atoms with Crippen molar-refractivity contribution in [3.05, 3.63) is 0 Å². The smallest absolute Gasteiger partial charge is 0.139 e. The van der Waals surface area contributed by atoms with Crippen molar-refractivity contribution < 1.29 is 14.9 Å². The maximum atomic E-state index is 10.00. The fraction of sp³-hybridized carbons (Fsp3) is 1.00. The standard InChI is InChI=1S/C12H28N2O3/c1-5-9(11(13,15)7-3)17-10(6-2)12(14,16)8-4/h9-10,15-16H,5-8,13-14H2,1-4H3. The Bertz CT molecular complexity index is 198. The molecule has 0 aromatic heterocycles. The molecule has 0 saturated carbocycles. The SMILES string of the molecule is CCC(OC(CC)C(N)(O)CC)C(N)(O)CC. The summed E-state index contributed by atoms with van der Waals surface area (Å²) < 4.78 is 5.71. The van der Waals surface area contributed by atoms with Gasteiger partial charge in [-0.1, -0.05) is 27.7 Å². The van der Waals surface area contributed by atoms with E-state index < -0.39 is 23.7 Å². The molecule has 0 aromatic rings. The van der Waals surface area contributed by atoms with Gasteiger partial charge in [-0.2, -0.15) is 0 Å². The zero-order valence-corrected chi connectivity index (χ0v) is 11.4. The Morgan fingerprint density at radius 2 is 1.18 bits per heavy atom. The molecular formula is C12H28N2O3. The van der Waals surface area contributed by atoms with Gasteiger partial charge in [-0.05, 0) is 25.7 Å². The lowest BCUT2D eigenvalue weighted by Gasteiger charge is -2.38. The quantitative estimate of drug-likeness (QED) is 0.473. The third-order valence-corrected chi connectivity index (χ3v) is 3.32. The molecule has 4 atom stereocenters. The number of ether oxygens (including phenoxy) is 1. The summed E-state index contributed by atoms with van der Waals surface area (Å²) in [5, 5.41) is 20.0. The highest BCUT2D eigenvalue weighted by Gasteiger charge is 2.37. The van der Waals surface area contributed by atoms with Gasteiger partial charge in [0.15, 0.2) is 0 Å². The first-order valence-corrected chi connectivity index (χ1v) is 6.43. The lowest BCUT2D eigenvalue weighted by atomic mass is 9.99. The molecule has 4 unspecified atom stereocenters. The lowest BCUT2D eigenvalue weighted by molar-refractivity contribution is -0.187. The zero-order chi connectivity index (χ0) is 13.7. The van der Waals surface area contributed by atoms with Gasteiger partial charge in [0.25, 0.3) is 0 Å². The second-order valence-electron chi connectivity index (χ2n) is 4.62. The van der Waals surface area contributed by atoms with Gasteiger partial charge in [-0.15, -0.1) is 0 Å². The summed E-state index contributed by atoms with van der Waals surface area (Å²) in [4.78, 5) is 0. The Balaban J connectivity index is 4.75. The fourth-order valence-corrected chi connectivity index (χ4v) is 1.79. The first-order chi connectivity index (χ1) is 7.75. The normalized spacial score (nSPS) is 22.6. The largest absolute Gasteiger partial charge is 0.373 e. The molecule has 0 fully saturated rings. The van der Waals surface area contributed by atoms with Gasteiger partial charge in [0.05, 0.1) is 12.2 Å². The van der Waals surface area contributed by atoms with E-state index in [-0.39, 0.29) is 0 Å². The van der Waals surface area contributed by atoms with Gasteiger partial charge in [0.1, 0.15) is 11.4 Å². The maximum absolute atomic E-state index is 10.00. The molecule has 0 aliphatic carbocycles. The maximum Gasteiger partial charge on any atom is 0.139 e. The predicted octanol–water partition coefficient (Wildman–Crippen LogP) is 0.675. The highest BCUT2D eigenvalue weighted by atomic mass is 16.5. The molecule has 17 heavy (non-hydrogen) atoms. The van der Waals surface area contributed by atoms with Crippen LogP contribution < -0.4 is 11.5 Å². The molecule has 6 N–H and O–H groups in total. The van der Waals surface area contributed by atoms with E-state index in [2.05, 4.69) is 0 Å². The van der Waals surface area contributed by atoms with E-state index in [1.165, 1.54) is 0 Å². The monoisotopic (exact) mass is 248 g/mol. The molecule has 0 spiro atoms. The Morgan fingerprint density at radius 3 is 1.35 bits per heavy atom. The molecule has 5 heteroatoms. The van der Waals surface area contributed by atoms with Gasteiger partial charge in [-0.3, -0.25) is 0 Å². The number of rotatable bonds is 8. The third-order valence-electron chi connectivity index (χ3n) is 3.32. The summed E-state index contributed by atoms with van der Waals surface area (Å²) in [5.41, 5.74) is 8.77. The Hall–Kier alpha value is -0.200. The van der Waals surface area contributed by atoms with Crippen molar-refractivity contribution in [3.8, 4) is 0 Å². The van der Waals surface area contributed by atoms with E-state index in [1.807, 2.05) is 13.8 Å². The van der Waals surface area contributed by atoms with Crippen LogP contribution >= 0.6 is 0 Å². The Kier molecular flexibility index (Phi) is 6.58. The lowest BCUT2D eigenvalue weighted by Crippen LogP contribution is -2.58. The average molecular weight is 248 g/mol. The summed E-state index contributed by atoms with van der Waals surface area (Å²) in [6, 6.07) is 0. The average Bonchev–Trinajstić information content (AvgIpc) is 2.29. The van der Waals surface area contributed by atoms with E-state index in [9.17, 15) is 10.2 Å². The third kappa shape index (κ3) is 4.52. The van der Waals surface area contributed by atoms with Crippen LogP contribution in [0.25, 0.3) is 0 Å². The van der Waals surface area contributed by atoms with Gasteiger partial charge in [0, 0.05) is 0 Å². The van der Waals surface area contributed by atoms with Gasteiger partial charge < -0.3 is 26.4 Å². The molecule has 0 aliphatic heterocycles. The molecule has 0 bridgehead atoms. The Labute approximate surface area is 104 Å². The van der Waals surface area contributed by atoms with Crippen molar-refractivity contribution in [1.29, 1.82) is 0 Å². The van der Waals surface area contributed by atoms with Crippen LogP contribution in [0.2, 0.25) is 0 Å². The zero-order valence-electron chi connectivity index (χ0n) is 11.4. The van der Waals surface area contributed by atoms with Crippen molar-refractivity contribution in [2.75, 3.05) is 0 Å². The first-order valence-electron chi connectivity index (χ1n) is 6.43. The molecule has 0 radical (unpaired) electrons. The second-order valence-corrected chi connectivity index (χ2v) is 4.62. The molecule has 0 saturated heterocycles. The molecule has 5 nitrogen and oxygen atoms in total. The van der Waals surface area contributed by atoms with E-state index in [0.29, 0.717) is 25.7 Å². The summed E-state index contributed by atoms with van der Waals surface area (Å²) in [6.07, 6.45) is 0.848. The van der Waals surface area contributed by atoms with Crippen molar-refractivity contribution in [2.24, 2.45) is 11.5 Å². The van der Waals surface area contributed by atoms with Crippen molar-refractivity contribution >= 4 is 0 Å². The van der Waals surface area contributed by atoms with E-state index in [0.717, 1.165) is 0 Å². The topological polar surface area (TPSA) is 102 Å². The van der Waals surface area contributed by atoms with Gasteiger partial charge >= 0.3 is 0 Å². The van der Waals surface area contributed by atoms with E-state index in [4.69, 9.17) is 16.2 Å². The molecule has 104 valence electrons. The summed E-state index contributed by atoms with van der Waals surface area (Å²) in [7, 11) is 0. The van der Waals surface area contributed by atoms with Gasteiger partial charge in [0.2, 0.25) is 0 Å². The first kappa shape index (κ1) is 16.8. The minimum atomic E-state index is -1.38. The van der Waals surface area contributed by atoms with Crippen LogP contribution in [0.15, 0.2) is 0 Å². The van der Waals surface area contributed by atoms with Crippen LogP contribution in [-0.4, -0.2) is 33.9 Å². The fourth-order valence-electron chi connectivity index (χ4n) is 1.79. The molecular weight excluding hydrogens is 220 g/mol. The summed E-state index contributed by atoms with van der Waals surface area (Å²) in [6.45, 7) is 7.35. The minimum absolute atomic E-state index is 0.386. The van der Waals surface area contributed by atoms with Crippen LogP contribution in [0.3, 0.4) is 0 Å². The van der Waals surface area contributed by atoms with Crippen molar-refractivity contribution in [1.82, 2.24) is 0 Å². The molecule has 0 heterocycles. The van der Waals surface area contributed by atoms with Crippen LogP contribution in [0.1, 0.15) is 53.4 Å². The number of aliphatic hydroxyl groups is 2. The number of hydrogen-bond donors (Lipinski definition) is 4. The second kappa shape index (κ2) is 6.66. The Morgan fingerprint density at radius 1 is 0.882 bits per heavy atom. The molecule has 0 rings (SSSR count). The van der Waals surface area contributed by atoms with Crippen LogP contribution in [0.5, 0.6) is 0 Å². The predicted molar refractivity (Wildman–Crippen MR) is 68.1 cm³/mol. The van der Waals surface area contributed by atoms with Crippen molar-refractivity contribution in [2.45, 2.75) is 77.0 Å². The molecule has 0 aliphatic rings. The summed E-state index contributed by atoms with van der Waals surface area (Å²) in [5.74, 6) is 0.